The van der Waals surface area contributed by atoms with Crippen LogP contribution in [0.15, 0.2) is 0 Å². The van der Waals surface area contributed by atoms with Gasteiger partial charge in [-0.1, -0.05) is 72.1 Å². The lowest BCUT2D eigenvalue weighted by molar-refractivity contribution is 0.292. The molecule has 0 spiro atoms. The topological polar surface area (TPSA) is 54.4 Å². The van der Waals surface area contributed by atoms with Crippen LogP contribution in [0.3, 0.4) is 0 Å². The van der Waals surface area contributed by atoms with Gasteiger partial charge in [0.25, 0.3) is 10.1 Å². The van der Waals surface area contributed by atoms with Crippen molar-refractivity contribution in [3.05, 3.63) is 0 Å². The molecule has 0 saturated heterocycles. The average Bonchev–Trinajstić information content (AvgIpc) is 2.33. The van der Waals surface area contributed by atoms with Crippen molar-refractivity contribution in [2.24, 2.45) is 11.8 Å². The highest BCUT2D eigenvalue weighted by Gasteiger charge is 2.19. The van der Waals surface area contributed by atoms with Gasteiger partial charge in [-0.25, -0.2) is 0 Å². The summed E-state index contributed by atoms with van der Waals surface area (Å²) >= 11 is 0. The van der Waals surface area contributed by atoms with Gasteiger partial charge in [0.15, 0.2) is 0 Å². The van der Waals surface area contributed by atoms with E-state index in [1.54, 1.807) is 0 Å². The molecular formula is C15H32O3S. The first kappa shape index (κ1) is 18.9. The summed E-state index contributed by atoms with van der Waals surface area (Å²) in [5.41, 5.74) is 0. The zero-order valence-corrected chi connectivity index (χ0v) is 13.7. The zero-order chi connectivity index (χ0) is 14.7. The SMILES string of the molecule is CCCCCCC(C)C(CCCC)CCS(=O)(=O)O. The molecule has 0 radical (unpaired) electrons. The number of hydrogen-bond acceptors (Lipinski definition) is 2. The summed E-state index contributed by atoms with van der Waals surface area (Å²) in [6, 6.07) is 0. The molecule has 0 aromatic rings. The third-order valence-electron chi connectivity index (χ3n) is 3.99. The van der Waals surface area contributed by atoms with Gasteiger partial charge in [0.2, 0.25) is 0 Å². The van der Waals surface area contributed by atoms with E-state index in [9.17, 15) is 8.42 Å². The fourth-order valence-electron chi connectivity index (χ4n) is 2.61. The maximum absolute atomic E-state index is 10.9. The van der Waals surface area contributed by atoms with Gasteiger partial charge in [-0.15, -0.1) is 0 Å². The number of unbranched alkanes of at least 4 members (excludes halogenated alkanes) is 4. The Morgan fingerprint density at radius 2 is 1.53 bits per heavy atom. The Morgan fingerprint density at radius 1 is 0.895 bits per heavy atom. The summed E-state index contributed by atoms with van der Waals surface area (Å²) in [6.45, 7) is 6.60. The summed E-state index contributed by atoms with van der Waals surface area (Å²) in [7, 11) is -3.81. The fourth-order valence-corrected chi connectivity index (χ4v) is 3.21. The van der Waals surface area contributed by atoms with Crippen molar-refractivity contribution in [3.63, 3.8) is 0 Å². The Morgan fingerprint density at radius 3 is 2.05 bits per heavy atom. The molecule has 0 heterocycles. The second-order valence-corrected chi connectivity index (χ2v) is 7.38. The van der Waals surface area contributed by atoms with Crippen molar-refractivity contribution >= 4 is 10.1 Å². The Labute approximate surface area is 119 Å². The normalized spacial score (nSPS) is 15.4. The Bertz CT molecular complexity index is 299. The minimum absolute atomic E-state index is 0.0827. The van der Waals surface area contributed by atoms with Crippen LogP contribution in [0.5, 0.6) is 0 Å². The molecule has 0 aliphatic rings. The van der Waals surface area contributed by atoms with Crippen LogP contribution in [-0.2, 0) is 10.1 Å². The molecule has 0 saturated carbocycles. The highest BCUT2D eigenvalue weighted by molar-refractivity contribution is 7.85. The van der Waals surface area contributed by atoms with Crippen molar-refractivity contribution in [2.45, 2.75) is 78.6 Å². The van der Waals surface area contributed by atoms with Crippen LogP contribution in [0.2, 0.25) is 0 Å². The van der Waals surface area contributed by atoms with Crippen molar-refractivity contribution in [2.75, 3.05) is 5.75 Å². The van der Waals surface area contributed by atoms with Gasteiger partial charge in [-0.3, -0.25) is 4.55 Å². The van der Waals surface area contributed by atoms with Gasteiger partial charge in [-0.05, 0) is 18.3 Å². The maximum atomic E-state index is 10.9. The lowest BCUT2D eigenvalue weighted by atomic mass is 9.84. The maximum Gasteiger partial charge on any atom is 0.264 e. The van der Waals surface area contributed by atoms with Gasteiger partial charge in [0.1, 0.15) is 0 Å². The molecule has 0 aromatic heterocycles. The molecule has 4 heteroatoms. The number of hydrogen-bond donors (Lipinski definition) is 1. The van der Waals surface area contributed by atoms with E-state index in [-0.39, 0.29) is 5.75 Å². The van der Waals surface area contributed by atoms with E-state index in [4.69, 9.17) is 4.55 Å². The van der Waals surface area contributed by atoms with Crippen LogP contribution in [-0.4, -0.2) is 18.7 Å². The van der Waals surface area contributed by atoms with E-state index >= 15 is 0 Å². The molecule has 2 atom stereocenters. The molecule has 0 rings (SSSR count). The summed E-state index contributed by atoms with van der Waals surface area (Å²) in [5.74, 6) is 0.911. The molecule has 0 fully saturated rings. The Kier molecular flexibility index (Phi) is 10.6. The third kappa shape index (κ3) is 11.4. The van der Waals surface area contributed by atoms with Gasteiger partial charge in [0.05, 0.1) is 5.75 Å². The first-order valence-electron chi connectivity index (χ1n) is 7.85. The minimum atomic E-state index is -3.81. The van der Waals surface area contributed by atoms with E-state index in [1.807, 2.05) is 0 Å². The molecule has 2 unspecified atom stereocenters. The predicted molar refractivity (Wildman–Crippen MR) is 82.0 cm³/mol. The van der Waals surface area contributed by atoms with Crippen molar-refractivity contribution in [1.82, 2.24) is 0 Å². The summed E-state index contributed by atoms with van der Waals surface area (Å²) in [4.78, 5) is 0. The molecule has 0 aliphatic carbocycles. The van der Waals surface area contributed by atoms with Crippen LogP contribution >= 0.6 is 0 Å². The van der Waals surface area contributed by atoms with Crippen LogP contribution in [0.4, 0.5) is 0 Å². The Hall–Kier alpha value is -0.0900. The molecule has 0 bridgehead atoms. The van der Waals surface area contributed by atoms with E-state index in [0.29, 0.717) is 18.3 Å². The zero-order valence-electron chi connectivity index (χ0n) is 12.9. The predicted octanol–water partition coefficient (Wildman–Crippen LogP) is 4.68. The van der Waals surface area contributed by atoms with Crippen LogP contribution in [0.1, 0.15) is 78.6 Å². The van der Waals surface area contributed by atoms with E-state index in [2.05, 4.69) is 20.8 Å². The highest BCUT2D eigenvalue weighted by atomic mass is 32.2. The summed E-state index contributed by atoms with van der Waals surface area (Å²) in [6.07, 6.45) is 10.2. The van der Waals surface area contributed by atoms with Crippen molar-refractivity contribution in [1.29, 1.82) is 0 Å². The van der Waals surface area contributed by atoms with E-state index in [1.165, 1.54) is 32.1 Å². The van der Waals surface area contributed by atoms with Gasteiger partial charge in [0, 0.05) is 0 Å². The fraction of sp³-hybridized carbons (Fsp3) is 1.00. The quantitative estimate of drug-likeness (QED) is 0.420. The molecule has 116 valence electrons. The molecule has 1 N–H and O–H groups in total. The van der Waals surface area contributed by atoms with Gasteiger partial charge < -0.3 is 0 Å². The first-order valence-corrected chi connectivity index (χ1v) is 9.46. The average molecular weight is 292 g/mol. The Balaban J connectivity index is 4.14. The molecule has 3 nitrogen and oxygen atoms in total. The first-order chi connectivity index (χ1) is 8.90. The largest absolute Gasteiger partial charge is 0.286 e. The molecule has 0 aromatic carbocycles. The van der Waals surface area contributed by atoms with Crippen LogP contribution in [0.25, 0.3) is 0 Å². The monoisotopic (exact) mass is 292 g/mol. The second kappa shape index (κ2) is 10.7. The summed E-state index contributed by atoms with van der Waals surface area (Å²) < 4.78 is 30.7. The number of rotatable bonds is 12. The van der Waals surface area contributed by atoms with Crippen molar-refractivity contribution < 1.29 is 13.0 Å². The standard InChI is InChI=1S/C15H32O3S/c1-4-6-8-9-10-14(3)15(11-7-5-2)12-13-19(16,17)18/h14-15H,4-13H2,1-3H3,(H,16,17,18). The third-order valence-corrected chi connectivity index (χ3v) is 4.74. The van der Waals surface area contributed by atoms with E-state index in [0.717, 1.165) is 19.3 Å². The molecule has 0 amide bonds. The second-order valence-electron chi connectivity index (χ2n) is 5.80. The van der Waals surface area contributed by atoms with E-state index < -0.39 is 10.1 Å². The minimum Gasteiger partial charge on any atom is -0.286 e. The highest BCUT2D eigenvalue weighted by Crippen LogP contribution is 2.27. The lowest BCUT2D eigenvalue weighted by Gasteiger charge is -2.23. The summed E-state index contributed by atoms with van der Waals surface area (Å²) in [5, 5.41) is 0. The van der Waals surface area contributed by atoms with Gasteiger partial charge >= 0.3 is 0 Å². The van der Waals surface area contributed by atoms with Crippen molar-refractivity contribution in [3.8, 4) is 0 Å². The molecule has 0 aliphatic heterocycles. The van der Waals surface area contributed by atoms with Crippen LogP contribution < -0.4 is 0 Å². The lowest BCUT2D eigenvalue weighted by Crippen LogP contribution is -2.17. The smallest absolute Gasteiger partial charge is 0.264 e. The molecular weight excluding hydrogens is 260 g/mol. The van der Waals surface area contributed by atoms with Gasteiger partial charge in [-0.2, -0.15) is 8.42 Å². The van der Waals surface area contributed by atoms with Crippen LogP contribution in [0, 0.1) is 11.8 Å². The molecule has 19 heavy (non-hydrogen) atoms.